The van der Waals surface area contributed by atoms with Crippen LogP contribution in [0.4, 0.5) is 0 Å². The van der Waals surface area contributed by atoms with E-state index in [1.165, 1.54) is 23.2 Å². The van der Waals surface area contributed by atoms with Gasteiger partial charge in [0.1, 0.15) is 11.8 Å². The van der Waals surface area contributed by atoms with E-state index >= 15 is 0 Å². The molecule has 4 heteroatoms. The van der Waals surface area contributed by atoms with Gasteiger partial charge in [0.05, 0.1) is 5.69 Å². The maximum Gasteiger partial charge on any atom is 0.301 e. The number of benzene rings is 2. The van der Waals surface area contributed by atoms with Crippen LogP contribution in [0.15, 0.2) is 76.9 Å². The molecule has 3 nitrogen and oxygen atoms in total. The average molecular weight is 333 g/mol. The minimum Gasteiger partial charge on any atom is -0.413 e. The number of fused-ring (bicyclic) bond motifs is 1. The average Bonchev–Trinajstić information content (AvgIpc) is 3.13. The topological polar surface area (TPSA) is 31.2 Å². The maximum atomic E-state index is 12.8. The van der Waals surface area contributed by atoms with Crippen molar-refractivity contribution < 1.29 is 4.84 Å². The Labute approximate surface area is 143 Å². The fraction of sp³-hybridized carbons (Fsp3) is 0.0500. The zero-order valence-electron chi connectivity index (χ0n) is 13.1. The van der Waals surface area contributed by atoms with E-state index < -0.39 is 0 Å². The molecule has 2 heterocycles. The largest absolute Gasteiger partial charge is 0.413 e. The van der Waals surface area contributed by atoms with Crippen molar-refractivity contribution in [2.24, 2.45) is 0 Å². The van der Waals surface area contributed by atoms with Gasteiger partial charge in [-0.1, -0.05) is 60.7 Å². The molecule has 0 N–H and O–H groups in total. The first kappa shape index (κ1) is 14.7. The van der Waals surface area contributed by atoms with Crippen LogP contribution in [0.25, 0.3) is 32.5 Å². The Morgan fingerprint density at radius 2 is 1.50 bits per heavy atom. The van der Waals surface area contributed by atoms with Gasteiger partial charge >= 0.3 is 5.56 Å². The van der Waals surface area contributed by atoms with Gasteiger partial charge in [-0.2, -0.15) is 0 Å². The molecule has 4 aromatic rings. The van der Waals surface area contributed by atoms with Crippen LogP contribution < -0.4 is 10.4 Å². The van der Waals surface area contributed by atoms with Crippen LogP contribution >= 0.6 is 11.3 Å². The van der Waals surface area contributed by atoms with Crippen molar-refractivity contribution in [3.63, 3.8) is 0 Å². The summed E-state index contributed by atoms with van der Waals surface area (Å²) in [6.45, 7) is 0. The van der Waals surface area contributed by atoms with Gasteiger partial charge in [-0.25, -0.2) is 0 Å². The Balaban J connectivity index is 2.22. The summed E-state index contributed by atoms with van der Waals surface area (Å²) >= 11 is 1.44. The molecule has 2 aromatic carbocycles. The van der Waals surface area contributed by atoms with Crippen molar-refractivity contribution >= 4 is 21.4 Å². The van der Waals surface area contributed by atoms with E-state index in [4.69, 9.17) is 4.84 Å². The molecule has 24 heavy (non-hydrogen) atoms. The third-order valence-electron chi connectivity index (χ3n) is 4.05. The summed E-state index contributed by atoms with van der Waals surface area (Å²) in [6.07, 6.45) is 0. The van der Waals surface area contributed by atoms with E-state index in [2.05, 4.69) is 12.1 Å². The molecule has 0 fully saturated rings. The summed E-state index contributed by atoms with van der Waals surface area (Å²) < 4.78 is 2.10. The predicted molar refractivity (Wildman–Crippen MR) is 99.5 cm³/mol. The Kier molecular flexibility index (Phi) is 3.67. The zero-order chi connectivity index (χ0) is 16.5. The first-order chi connectivity index (χ1) is 11.8. The fourth-order valence-corrected chi connectivity index (χ4v) is 3.84. The van der Waals surface area contributed by atoms with Crippen LogP contribution in [0.2, 0.25) is 0 Å². The fourth-order valence-electron chi connectivity index (χ4n) is 3.02. The highest BCUT2D eigenvalue weighted by Crippen LogP contribution is 2.37. The monoisotopic (exact) mass is 333 g/mol. The van der Waals surface area contributed by atoms with Gasteiger partial charge in [-0.15, -0.1) is 16.1 Å². The lowest BCUT2D eigenvalue weighted by Crippen LogP contribution is -2.26. The highest BCUT2D eigenvalue weighted by Gasteiger charge is 2.20. The number of rotatable bonds is 3. The third kappa shape index (κ3) is 2.23. The van der Waals surface area contributed by atoms with Gasteiger partial charge in [0.2, 0.25) is 0 Å². The molecule has 0 unspecified atom stereocenters. The van der Waals surface area contributed by atoms with Gasteiger partial charge in [0, 0.05) is 16.5 Å². The van der Waals surface area contributed by atoms with Crippen LogP contribution in [-0.2, 0) is 0 Å². The van der Waals surface area contributed by atoms with Crippen molar-refractivity contribution in [1.82, 2.24) is 4.73 Å². The predicted octanol–water partition coefficient (Wildman–Crippen LogP) is 4.46. The van der Waals surface area contributed by atoms with E-state index in [1.807, 2.05) is 60.0 Å². The van der Waals surface area contributed by atoms with Crippen LogP contribution in [0.3, 0.4) is 0 Å². The molecule has 0 aliphatic carbocycles. The number of aromatic nitrogens is 1. The van der Waals surface area contributed by atoms with Gasteiger partial charge in [-0.05, 0) is 17.0 Å². The molecule has 0 radical (unpaired) electrons. The molecule has 118 valence electrons. The molecule has 2 aromatic heterocycles. The van der Waals surface area contributed by atoms with E-state index in [0.717, 1.165) is 27.8 Å². The van der Waals surface area contributed by atoms with Crippen LogP contribution in [-0.4, -0.2) is 11.8 Å². The Morgan fingerprint density at radius 1 is 0.875 bits per heavy atom. The molecule has 0 amide bonds. The molecule has 0 saturated heterocycles. The van der Waals surface area contributed by atoms with Crippen molar-refractivity contribution in [2.45, 2.75) is 0 Å². The molecule has 0 spiro atoms. The Bertz CT molecular complexity index is 1050. The molecule has 4 rings (SSSR count). The summed E-state index contributed by atoms with van der Waals surface area (Å²) in [6, 6.07) is 22.0. The summed E-state index contributed by atoms with van der Waals surface area (Å²) in [4.78, 5) is 18.3. The van der Waals surface area contributed by atoms with Crippen molar-refractivity contribution in [3.8, 4) is 22.4 Å². The van der Waals surface area contributed by atoms with Crippen LogP contribution in [0.5, 0.6) is 0 Å². The summed E-state index contributed by atoms with van der Waals surface area (Å²) in [5.74, 6) is 0. The molecular weight excluding hydrogens is 318 g/mol. The minimum absolute atomic E-state index is 0.124. The van der Waals surface area contributed by atoms with Gasteiger partial charge in [0.15, 0.2) is 0 Å². The van der Waals surface area contributed by atoms with Crippen molar-refractivity contribution in [2.75, 3.05) is 7.11 Å². The highest BCUT2D eigenvalue weighted by molar-refractivity contribution is 7.17. The van der Waals surface area contributed by atoms with Crippen LogP contribution in [0, 0.1) is 0 Å². The normalized spacial score (nSPS) is 10.9. The SMILES string of the molecule is COn1c(-c2ccccc2)c(-c2ccccc2)c2ccsc2c1=O. The minimum atomic E-state index is -0.124. The quantitative estimate of drug-likeness (QED) is 0.554. The number of pyridine rings is 1. The lowest BCUT2D eigenvalue weighted by molar-refractivity contribution is 0.163. The molecular formula is C20H15NO2S. The zero-order valence-corrected chi connectivity index (χ0v) is 13.9. The molecule has 0 atom stereocenters. The first-order valence-electron chi connectivity index (χ1n) is 7.63. The van der Waals surface area contributed by atoms with Crippen molar-refractivity contribution in [1.29, 1.82) is 0 Å². The number of hydrogen-bond donors (Lipinski definition) is 0. The Hall–Kier alpha value is -2.85. The Morgan fingerprint density at radius 3 is 2.12 bits per heavy atom. The smallest absolute Gasteiger partial charge is 0.301 e. The van der Waals surface area contributed by atoms with Gasteiger partial charge < -0.3 is 4.84 Å². The number of hydrogen-bond acceptors (Lipinski definition) is 3. The molecule has 0 bridgehead atoms. The van der Waals surface area contributed by atoms with Crippen LogP contribution in [0.1, 0.15) is 0 Å². The van der Waals surface area contributed by atoms with E-state index in [0.29, 0.717) is 4.70 Å². The van der Waals surface area contributed by atoms with Gasteiger partial charge in [0.25, 0.3) is 0 Å². The molecule has 0 saturated carbocycles. The van der Waals surface area contributed by atoms with E-state index in [-0.39, 0.29) is 5.56 Å². The summed E-state index contributed by atoms with van der Waals surface area (Å²) in [5.41, 5.74) is 3.68. The maximum absolute atomic E-state index is 12.8. The second-order valence-electron chi connectivity index (χ2n) is 5.40. The second-order valence-corrected chi connectivity index (χ2v) is 6.32. The lowest BCUT2D eigenvalue weighted by atomic mass is 9.96. The van der Waals surface area contributed by atoms with Crippen molar-refractivity contribution in [3.05, 3.63) is 82.5 Å². The molecule has 0 aliphatic rings. The third-order valence-corrected chi connectivity index (χ3v) is 4.95. The van der Waals surface area contributed by atoms with E-state index in [1.54, 1.807) is 0 Å². The molecule has 0 aliphatic heterocycles. The highest BCUT2D eigenvalue weighted by atomic mass is 32.1. The number of thiophene rings is 1. The number of nitrogens with zero attached hydrogens (tertiary/aromatic N) is 1. The van der Waals surface area contributed by atoms with Gasteiger partial charge in [-0.3, -0.25) is 4.79 Å². The summed E-state index contributed by atoms with van der Waals surface area (Å²) in [5, 5.41) is 2.91. The van der Waals surface area contributed by atoms with E-state index in [9.17, 15) is 4.79 Å². The standard InChI is InChI=1S/C20H15NO2S/c1-23-21-18(15-10-6-3-7-11-15)17(14-8-4-2-5-9-14)16-12-13-24-19(16)20(21)22/h2-13H,1H3. The summed E-state index contributed by atoms with van der Waals surface area (Å²) in [7, 11) is 1.53. The lowest BCUT2D eigenvalue weighted by Gasteiger charge is -2.17. The second kappa shape index (κ2) is 5.98. The first-order valence-corrected chi connectivity index (χ1v) is 8.51.